The van der Waals surface area contributed by atoms with Gasteiger partial charge in [0.2, 0.25) is 5.91 Å². The normalized spacial score (nSPS) is 9.94. The van der Waals surface area contributed by atoms with Crippen molar-refractivity contribution < 1.29 is 19.5 Å². The molecule has 0 aliphatic heterocycles. The second-order valence-corrected chi connectivity index (χ2v) is 3.68. The van der Waals surface area contributed by atoms with Crippen LogP contribution in [0.15, 0.2) is 0 Å². The maximum Gasteiger partial charge on any atom is 0.322 e. The van der Waals surface area contributed by atoms with E-state index in [9.17, 15) is 14.4 Å². The van der Waals surface area contributed by atoms with E-state index in [-0.39, 0.29) is 6.54 Å². The fraction of sp³-hybridized carbons (Fsp3) is 0.700. The lowest BCUT2D eigenvalue weighted by molar-refractivity contribution is -0.137. The van der Waals surface area contributed by atoms with Gasteiger partial charge in [0.05, 0.1) is 6.54 Å². The molecule has 0 saturated carbocycles. The molecule has 0 rings (SSSR count). The number of carboxylic acids is 1. The number of amides is 3. The van der Waals surface area contributed by atoms with Crippen LogP contribution >= 0.6 is 0 Å². The Labute approximate surface area is 106 Å². The predicted molar refractivity (Wildman–Crippen MR) is 65.2 cm³/mol. The number of carboxylic acid groups (broad SMARTS) is 1. The second-order valence-electron chi connectivity index (χ2n) is 3.68. The lowest BCUT2D eigenvalue weighted by Crippen LogP contribution is -2.44. The first-order valence-electron chi connectivity index (χ1n) is 5.64. The van der Waals surface area contributed by atoms with E-state index in [1.54, 1.807) is 0 Å². The number of aliphatic carboxylic acids is 1. The van der Waals surface area contributed by atoms with E-state index in [2.05, 4.69) is 16.0 Å². The number of rotatable bonds is 8. The highest BCUT2D eigenvalue weighted by Gasteiger charge is 2.06. The van der Waals surface area contributed by atoms with Crippen LogP contribution in [-0.2, 0) is 9.59 Å². The third kappa shape index (κ3) is 9.40. The Bertz CT molecular complexity index is 296. The summed E-state index contributed by atoms with van der Waals surface area (Å²) >= 11 is 0. The molecule has 0 aliphatic carbocycles. The molecule has 0 heterocycles. The third-order valence-electron chi connectivity index (χ3n) is 2.17. The summed E-state index contributed by atoms with van der Waals surface area (Å²) in [5.74, 6) is -1.67. The van der Waals surface area contributed by atoms with Crippen molar-refractivity contribution in [3.05, 3.63) is 0 Å². The Kier molecular flexibility index (Phi) is 8.29. The molecule has 18 heavy (non-hydrogen) atoms. The van der Waals surface area contributed by atoms with Crippen LogP contribution < -0.4 is 16.0 Å². The van der Waals surface area contributed by atoms with Crippen LogP contribution in [0.5, 0.6) is 0 Å². The van der Waals surface area contributed by atoms with Gasteiger partial charge in [-0.2, -0.15) is 0 Å². The summed E-state index contributed by atoms with van der Waals surface area (Å²) in [6, 6.07) is -0.454. The smallest absolute Gasteiger partial charge is 0.322 e. The minimum Gasteiger partial charge on any atom is -0.480 e. The van der Waals surface area contributed by atoms with Gasteiger partial charge in [0.15, 0.2) is 0 Å². The summed E-state index contributed by atoms with van der Waals surface area (Å²) < 4.78 is 0. The van der Waals surface area contributed by atoms with Crippen LogP contribution in [0.2, 0.25) is 0 Å². The number of nitrogens with zero attached hydrogens (tertiary/aromatic N) is 1. The van der Waals surface area contributed by atoms with E-state index in [0.29, 0.717) is 6.54 Å². The Morgan fingerprint density at radius 3 is 2.33 bits per heavy atom. The number of urea groups is 1. The van der Waals surface area contributed by atoms with Gasteiger partial charge in [-0.25, -0.2) is 4.79 Å². The van der Waals surface area contributed by atoms with E-state index in [1.807, 2.05) is 18.9 Å². The van der Waals surface area contributed by atoms with Crippen molar-refractivity contribution in [1.29, 1.82) is 0 Å². The molecule has 0 bridgehead atoms. The second kappa shape index (κ2) is 9.23. The Hall–Kier alpha value is -1.83. The van der Waals surface area contributed by atoms with Gasteiger partial charge in [0, 0.05) is 13.1 Å². The van der Waals surface area contributed by atoms with E-state index >= 15 is 0 Å². The topological polar surface area (TPSA) is 111 Å². The monoisotopic (exact) mass is 260 g/mol. The Morgan fingerprint density at radius 2 is 1.78 bits per heavy atom. The molecule has 0 atom stereocenters. The summed E-state index contributed by atoms with van der Waals surface area (Å²) in [4.78, 5) is 34.5. The lowest BCUT2D eigenvalue weighted by atomic mass is 10.5. The van der Waals surface area contributed by atoms with Crippen molar-refractivity contribution in [3.8, 4) is 0 Å². The van der Waals surface area contributed by atoms with Gasteiger partial charge in [-0.15, -0.1) is 0 Å². The number of carbonyl (C=O) groups is 3. The fourth-order valence-electron chi connectivity index (χ4n) is 0.978. The summed E-state index contributed by atoms with van der Waals surface area (Å²) in [5, 5.41) is 15.3. The molecule has 0 aromatic heterocycles. The molecule has 0 aromatic rings. The van der Waals surface area contributed by atoms with Gasteiger partial charge in [0.1, 0.15) is 6.54 Å². The van der Waals surface area contributed by atoms with Crippen LogP contribution in [0.25, 0.3) is 0 Å². The maximum absolute atomic E-state index is 11.2. The highest BCUT2D eigenvalue weighted by molar-refractivity contribution is 5.86. The molecule has 8 nitrogen and oxygen atoms in total. The van der Waals surface area contributed by atoms with E-state index in [1.165, 1.54) is 0 Å². The number of hydrogen-bond acceptors (Lipinski definition) is 4. The number of nitrogens with one attached hydrogen (secondary N) is 3. The molecule has 3 amide bonds. The summed E-state index contributed by atoms with van der Waals surface area (Å²) in [6.45, 7) is 3.39. The highest BCUT2D eigenvalue weighted by atomic mass is 16.4. The molecule has 0 spiro atoms. The Balaban J connectivity index is 3.58. The molecule has 4 N–H and O–H groups in total. The first kappa shape index (κ1) is 16.2. The Morgan fingerprint density at radius 1 is 1.11 bits per heavy atom. The zero-order valence-corrected chi connectivity index (χ0v) is 10.7. The zero-order valence-electron chi connectivity index (χ0n) is 10.7. The van der Waals surface area contributed by atoms with Gasteiger partial charge < -0.3 is 26.0 Å². The van der Waals surface area contributed by atoms with Crippen molar-refractivity contribution in [3.63, 3.8) is 0 Å². The number of likely N-dealkylation sites (N-methyl/N-ethyl adjacent to an activating group) is 1. The predicted octanol–water partition coefficient (Wildman–Crippen LogP) is -1.56. The largest absolute Gasteiger partial charge is 0.480 e. The first-order valence-corrected chi connectivity index (χ1v) is 5.64. The SMILES string of the molecule is CCN(C)CCNC(=O)NCC(=O)NCC(=O)O. The van der Waals surface area contributed by atoms with Crippen molar-refractivity contribution in [2.75, 3.05) is 39.8 Å². The van der Waals surface area contributed by atoms with Gasteiger partial charge in [-0.05, 0) is 13.6 Å². The molecular formula is C10H20N4O4. The lowest BCUT2D eigenvalue weighted by Gasteiger charge is -2.14. The molecule has 104 valence electrons. The molecule has 8 heteroatoms. The van der Waals surface area contributed by atoms with Crippen molar-refractivity contribution in [1.82, 2.24) is 20.9 Å². The van der Waals surface area contributed by atoms with Crippen LogP contribution in [0.3, 0.4) is 0 Å². The summed E-state index contributed by atoms with van der Waals surface area (Å²) in [6.07, 6.45) is 0. The van der Waals surface area contributed by atoms with Crippen LogP contribution in [-0.4, -0.2) is 67.7 Å². The summed E-state index contributed by atoms with van der Waals surface area (Å²) in [7, 11) is 1.93. The number of hydrogen-bond donors (Lipinski definition) is 4. The minimum absolute atomic E-state index is 0.247. The molecule has 0 radical (unpaired) electrons. The standard InChI is InChI=1S/C10H20N4O4/c1-3-14(2)5-4-11-10(18)13-6-8(15)12-7-9(16)17/h3-7H2,1-2H3,(H,12,15)(H,16,17)(H2,11,13,18). The van der Waals surface area contributed by atoms with E-state index in [0.717, 1.165) is 13.1 Å². The summed E-state index contributed by atoms with van der Waals surface area (Å²) in [5.41, 5.74) is 0. The minimum atomic E-state index is -1.13. The zero-order chi connectivity index (χ0) is 14.0. The van der Waals surface area contributed by atoms with Gasteiger partial charge >= 0.3 is 12.0 Å². The van der Waals surface area contributed by atoms with Gasteiger partial charge in [-0.3, -0.25) is 9.59 Å². The average molecular weight is 260 g/mol. The van der Waals surface area contributed by atoms with Crippen molar-refractivity contribution in [2.24, 2.45) is 0 Å². The van der Waals surface area contributed by atoms with Gasteiger partial charge in [-0.1, -0.05) is 6.92 Å². The fourth-order valence-corrected chi connectivity index (χ4v) is 0.978. The highest BCUT2D eigenvalue weighted by Crippen LogP contribution is 1.77. The van der Waals surface area contributed by atoms with Crippen molar-refractivity contribution in [2.45, 2.75) is 6.92 Å². The number of carbonyl (C=O) groups excluding carboxylic acids is 2. The third-order valence-corrected chi connectivity index (χ3v) is 2.17. The van der Waals surface area contributed by atoms with Crippen molar-refractivity contribution >= 4 is 17.9 Å². The molecule has 0 unspecified atom stereocenters. The van der Waals surface area contributed by atoms with Gasteiger partial charge in [0.25, 0.3) is 0 Å². The van der Waals surface area contributed by atoms with E-state index < -0.39 is 24.5 Å². The van der Waals surface area contributed by atoms with Crippen LogP contribution in [0.4, 0.5) is 4.79 Å². The molecule has 0 aromatic carbocycles. The molecular weight excluding hydrogens is 240 g/mol. The van der Waals surface area contributed by atoms with Crippen LogP contribution in [0.1, 0.15) is 6.92 Å². The molecule has 0 fully saturated rings. The molecule has 0 saturated heterocycles. The maximum atomic E-state index is 11.2. The molecule has 0 aliphatic rings. The van der Waals surface area contributed by atoms with Crippen LogP contribution in [0, 0.1) is 0 Å². The average Bonchev–Trinajstić information content (AvgIpc) is 2.33. The first-order chi connectivity index (χ1) is 8.45. The quantitative estimate of drug-likeness (QED) is 0.422. The van der Waals surface area contributed by atoms with E-state index in [4.69, 9.17) is 5.11 Å².